The third-order valence-electron chi connectivity index (χ3n) is 4.58. The van der Waals surface area contributed by atoms with E-state index in [1.165, 1.54) is 0 Å². The number of carbonyl (C=O) groups is 2. The number of benzene rings is 1. The van der Waals surface area contributed by atoms with Gasteiger partial charge in [0.15, 0.2) is 0 Å². The molecule has 0 aliphatic heterocycles. The highest BCUT2D eigenvalue weighted by molar-refractivity contribution is 5.90. The van der Waals surface area contributed by atoms with Gasteiger partial charge in [-0.1, -0.05) is 37.8 Å². The van der Waals surface area contributed by atoms with E-state index in [0.29, 0.717) is 25.7 Å². The second-order valence-electron chi connectivity index (χ2n) is 6.26. The fraction of sp³-hybridized carbons (Fsp3) is 0.556. The molecule has 0 heterocycles. The molecule has 5 heteroatoms. The molecule has 1 aliphatic carbocycles. The lowest BCUT2D eigenvalue weighted by atomic mass is 9.89. The lowest BCUT2D eigenvalue weighted by Gasteiger charge is -2.30. The van der Waals surface area contributed by atoms with Crippen molar-refractivity contribution < 1.29 is 14.3 Å². The van der Waals surface area contributed by atoms with Gasteiger partial charge < -0.3 is 15.8 Å². The van der Waals surface area contributed by atoms with Crippen molar-refractivity contribution in [1.82, 2.24) is 5.32 Å². The van der Waals surface area contributed by atoms with Crippen molar-refractivity contribution >= 4 is 11.8 Å². The summed E-state index contributed by atoms with van der Waals surface area (Å²) in [6.07, 6.45) is 6.28. The lowest BCUT2D eigenvalue weighted by molar-refractivity contribution is -0.132. The molecule has 0 atom stereocenters. The number of methoxy groups -OCH3 is 1. The van der Waals surface area contributed by atoms with Crippen LogP contribution in [-0.2, 0) is 16.0 Å². The monoisotopic (exact) mass is 318 g/mol. The number of nitrogens with two attached hydrogens (primary N) is 1. The number of aryl methyl sites for hydroxylation is 1. The first kappa shape index (κ1) is 17.3. The number of hydrogen-bond donors (Lipinski definition) is 2. The fourth-order valence-electron chi connectivity index (χ4n) is 3.18. The maximum atomic E-state index is 12.3. The Morgan fingerprint density at radius 3 is 2.52 bits per heavy atom. The van der Waals surface area contributed by atoms with Crippen LogP contribution >= 0.6 is 0 Å². The summed E-state index contributed by atoms with van der Waals surface area (Å²) >= 11 is 0. The van der Waals surface area contributed by atoms with Crippen molar-refractivity contribution in [2.24, 2.45) is 5.73 Å². The largest absolute Gasteiger partial charge is 0.497 e. The minimum Gasteiger partial charge on any atom is -0.497 e. The quantitative estimate of drug-likeness (QED) is 0.790. The van der Waals surface area contributed by atoms with Crippen LogP contribution in [0.25, 0.3) is 0 Å². The average Bonchev–Trinajstić information content (AvgIpc) is 2.80. The van der Waals surface area contributed by atoms with E-state index in [4.69, 9.17) is 10.5 Å². The number of primary amides is 1. The van der Waals surface area contributed by atoms with Gasteiger partial charge in [0.25, 0.3) is 0 Å². The Hall–Kier alpha value is -2.04. The predicted octanol–water partition coefficient (Wildman–Crippen LogP) is 2.32. The highest BCUT2D eigenvalue weighted by Crippen LogP contribution is 2.27. The van der Waals surface area contributed by atoms with Crippen LogP contribution < -0.4 is 15.8 Å². The van der Waals surface area contributed by atoms with Gasteiger partial charge in [-0.05, 0) is 37.0 Å². The molecule has 5 nitrogen and oxygen atoms in total. The van der Waals surface area contributed by atoms with Crippen LogP contribution in [0.3, 0.4) is 0 Å². The Bertz CT molecular complexity index is 549. The highest BCUT2D eigenvalue weighted by Gasteiger charge is 2.37. The van der Waals surface area contributed by atoms with Gasteiger partial charge in [0.05, 0.1) is 7.11 Å². The average molecular weight is 318 g/mol. The molecule has 0 unspecified atom stereocenters. The Labute approximate surface area is 137 Å². The molecule has 0 saturated heterocycles. The third kappa shape index (κ3) is 4.71. The molecular weight excluding hydrogens is 292 g/mol. The molecule has 0 bridgehead atoms. The summed E-state index contributed by atoms with van der Waals surface area (Å²) in [7, 11) is 1.62. The first-order valence-corrected chi connectivity index (χ1v) is 8.29. The molecule has 1 saturated carbocycles. The van der Waals surface area contributed by atoms with Gasteiger partial charge in [-0.3, -0.25) is 9.59 Å². The summed E-state index contributed by atoms with van der Waals surface area (Å²) in [5.74, 6) is 0.253. The zero-order valence-electron chi connectivity index (χ0n) is 13.8. The second kappa shape index (κ2) is 7.99. The molecule has 2 rings (SSSR count). The van der Waals surface area contributed by atoms with Crippen molar-refractivity contribution in [3.05, 3.63) is 29.8 Å². The molecule has 0 spiro atoms. The van der Waals surface area contributed by atoms with E-state index in [2.05, 4.69) is 5.32 Å². The Morgan fingerprint density at radius 2 is 1.91 bits per heavy atom. The van der Waals surface area contributed by atoms with Gasteiger partial charge in [-0.25, -0.2) is 0 Å². The van der Waals surface area contributed by atoms with Gasteiger partial charge in [0.2, 0.25) is 11.8 Å². The number of amides is 2. The van der Waals surface area contributed by atoms with Gasteiger partial charge in [0, 0.05) is 6.42 Å². The van der Waals surface area contributed by atoms with Crippen LogP contribution in [0.5, 0.6) is 5.75 Å². The smallest absolute Gasteiger partial charge is 0.243 e. The number of ether oxygens (including phenoxy) is 1. The lowest BCUT2D eigenvalue weighted by Crippen LogP contribution is -2.57. The van der Waals surface area contributed by atoms with Gasteiger partial charge in [-0.2, -0.15) is 0 Å². The van der Waals surface area contributed by atoms with Gasteiger partial charge >= 0.3 is 0 Å². The van der Waals surface area contributed by atoms with Crippen molar-refractivity contribution in [2.75, 3.05) is 7.11 Å². The maximum Gasteiger partial charge on any atom is 0.243 e. The first-order chi connectivity index (χ1) is 11.1. The predicted molar refractivity (Wildman–Crippen MR) is 89.1 cm³/mol. The fourth-order valence-corrected chi connectivity index (χ4v) is 3.18. The van der Waals surface area contributed by atoms with Crippen LogP contribution in [0, 0.1) is 0 Å². The molecule has 2 amide bonds. The van der Waals surface area contributed by atoms with Crippen LogP contribution in [0.15, 0.2) is 24.3 Å². The number of carbonyl (C=O) groups excluding carboxylic acids is 2. The van der Waals surface area contributed by atoms with Crippen molar-refractivity contribution in [2.45, 2.75) is 56.9 Å². The molecule has 1 fully saturated rings. The van der Waals surface area contributed by atoms with E-state index in [1.807, 2.05) is 24.3 Å². The van der Waals surface area contributed by atoms with Gasteiger partial charge in [0.1, 0.15) is 11.3 Å². The number of nitrogens with one attached hydrogen (secondary N) is 1. The molecule has 1 aromatic carbocycles. The second-order valence-corrected chi connectivity index (χ2v) is 6.26. The van der Waals surface area contributed by atoms with E-state index < -0.39 is 11.4 Å². The van der Waals surface area contributed by atoms with E-state index in [-0.39, 0.29) is 5.91 Å². The molecule has 0 radical (unpaired) electrons. The van der Waals surface area contributed by atoms with E-state index in [0.717, 1.165) is 37.0 Å². The topological polar surface area (TPSA) is 81.4 Å². The number of rotatable bonds is 6. The van der Waals surface area contributed by atoms with Crippen LogP contribution in [0.2, 0.25) is 0 Å². The zero-order valence-corrected chi connectivity index (χ0v) is 13.8. The molecule has 0 aromatic heterocycles. The molecule has 1 aliphatic rings. The van der Waals surface area contributed by atoms with Crippen molar-refractivity contribution in [3.63, 3.8) is 0 Å². The van der Waals surface area contributed by atoms with Gasteiger partial charge in [-0.15, -0.1) is 0 Å². The molecule has 3 N–H and O–H groups in total. The zero-order chi connectivity index (χ0) is 16.7. The molecule has 23 heavy (non-hydrogen) atoms. The summed E-state index contributed by atoms with van der Waals surface area (Å²) in [5, 5.41) is 2.93. The summed E-state index contributed by atoms with van der Waals surface area (Å²) in [4.78, 5) is 24.2. The molecular formula is C18H26N2O3. The molecule has 126 valence electrons. The third-order valence-corrected chi connectivity index (χ3v) is 4.58. The van der Waals surface area contributed by atoms with E-state index in [9.17, 15) is 9.59 Å². The SMILES string of the molecule is COc1cccc(CCC(=O)NC2(C(N)=O)CCCCCC2)c1. The standard InChI is InChI=1S/C18H26N2O3/c1-23-15-8-6-7-14(13-15)9-10-16(21)20-18(17(19)22)11-4-2-3-5-12-18/h6-8,13H,2-5,9-12H2,1H3,(H2,19,22)(H,20,21). The van der Waals surface area contributed by atoms with Crippen molar-refractivity contribution in [1.29, 1.82) is 0 Å². The minimum atomic E-state index is -0.859. The summed E-state index contributed by atoms with van der Waals surface area (Å²) < 4.78 is 5.18. The normalized spacial score (nSPS) is 17.1. The van der Waals surface area contributed by atoms with Crippen molar-refractivity contribution in [3.8, 4) is 5.75 Å². The summed E-state index contributed by atoms with van der Waals surface area (Å²) in [6.45, 7) is 0. The molecule has 1 aromatic rings. The maximum absolute atomic E-state index is 12.3. The Kier molecular flexibility index (Phi) is 6.02. The number of hydrogen-bond acceptors (Lipinski definition) is 3. The van der Waals surface area contributed by atoms with E-state index in [1.54, 1.807) is 7.11 Å². The first-order valence-electron chi connectivity index (χ1n) is 8.29. The van der Waals surface area contributed by atoms with Crippen LogP contribution in [-0.4, -0.2) is 24.5 Å². The van der Waals surface area contributed by atoms with E-state index >= 15 is 0 Å². The minimum absolute atomic E-state index is 0.117. The summed E-state index contributed by atoms with van der Waals surface area (Å²) in [6, 6.07) is 7.66. The van der Waals surface area contributed by atoms with Crippen LogP contribution in [0.4, 0.5) is 0 Å². The highest BCUT2D eigenvalue weighted by atomic mass is 16.5. The van der Waals surface area contributed by atoms with Crippen LogP contribution in [0.1, 0.15) is 50.5 Å². The Balaban J connectivity index is 1.95. The summed E-state index contributed by atoms with van der Waals surface area (Å²) in [5.41, 5.74) is 5.77. The Morgan fingerprint density at radius 1 is 1.22 bits per heavy atom.